The highest BCUT2D eigenvalue weighted by molar-refractivity contribution is 5.99. The second kappa shape index (κ2) is 6.52. The maximum Gasteiger partial charge on any atom is 0.272 e. The SMILES string of the molecule is COc1cccc(CCNC(=O)c2nc(C)n3ccccc23)c1. The van der Waals surface area contributed by atoms with E-state index in [2.05, 4.69) is 10.3 Å². The molecule has 0 aliphatic heterocycles. The van der Waals surface area contributed by atoms with Gasteiger partial charge in [0.15, 0.2) is 5.69 Å². The molecule has 3 rings (SSSR count). The zero-order valence-electron chi connectivity index (χ0n) is 13.2. The molecule has 1 aromatic carbocycles. The van der Waals surface area contributed by atoms with E-state index in [0.717, 1.165) is 29.1 Å². The summed E-state index contributed by atoms with van der Waals surface area (Å²) in [6, 6.07) is 13.6. The molecule has 5 heteroatoms. The molecule has 2 aromatic heterocycles. The van der Waals surface area contributed by atoms with Gasteiger partial charge in [-0.1, -0.05) is 18.2 Å². The molecule has 1 amide bonds. The van der Waals surface area contributed by atoms with Crippen molar-refractivity contribution < 1.29 is 9.53 Å². The Bertz CT molecular complexity index is 839. The Morgan fingerprint density at radius 2 is 2.13 bits per heavy atom. The summed E-state index contributed by atoms with van der Waals surface area (Å²) in [6.45, 7) is 2.44. The highest BCUT2D eigenvalue weighted by atomic mass is 16.5. The lowest BCUT2D eigenvalue weighted by molar-refractivity contribution is 0.0951. The Kier molecular flexibility index (Phi) is 4.28. The second-order valence-electron chi connectivity index (χ2n) is 5.32. The molecular weight excluding hydrogens is 290 g/mol. The van der Waals surface area contributed by atoms with E-state index >= 15 is 0 Å². The minimum absolute atomic E-state index is 0.148. The molecule has 118 valence electrons. The molecule has 0 aliphatic rings. The van der Waals surface area contributed by atoms with E-state index in [1.807, 2.05) is 60.0 Å². The van der Waals surface area contributed by atoms with Gasteiger partial charge in [0.05, 0.1) is 12.6 Å². The Labute approximate surface area is 134 Å². The van der Waals surface area contributed by atoms with Crippen molar-refractivity contribution in [3.8, 4) is 5.75 Å². The van der Waals surface area contributed by atoms with Crippen LogP contribution in [-0.2, 0) is 6.42 Å². The molecule has 0 radical (unpaired) electrons. The van der Waals surface area contributed by atoms with Gasteiger partial charge < -0.3 is 14.5 Å². The first-order valence-electron chi connectivity index (χ1n) is 7.54. The molecule has 0 spiro atoms. The Balaban J connectivity index is 1.67. The molecule has 0 bridgehead atoms. The lowest BCUT2D eigenvalue weighted by Crippen LogP contribution is -2.26. The fourth-order valence-corrected chi connectivity index (χ4v) is 2.59. The average Bonchev–Trinajstić information content (AvgIpc) is 2.92. The van der Waals surface area contributed by atoms with E-state index in [-0.39, 0.29) is 5.91 Å². The van der Waals surface area contributed by atoms with Crippen molar-refractivity contribution in [1.82, 2.24) is 14.7 Å². The number of aromatic nitrogens is 2. The molecule has 0 saturated carbocycles. The zero-order valence-corrected chi connectivity index (χ0v) is 13.2. The summed E-state index contributed by atoms with van der Waals surface area (Å²) in [5.41, 5.74) is 2.41. The first-order valence-corrected chi connectivity index (χ1v) is 7.54. The fourth-order valence-electron chi connectivity index (χ4n) is 2.59. The van der Waals surface area contributed by atoms with Crippen LogP contribution in [0.2, 0.25) is 0 Å². The number of nitrogens with one attached hydrogen (secondary N) is 1. The maximum absolute atomic E-state index is 12.4. The Morgan fingerprint density at radius 1 is 1.26 bits per heavy atom. The van der Waals surface area contributed by atoms with Gasteiger partial charge in [0, 0.05) is 12.7 Å². The van der Waals surface area contributed by atoms with E-state index in [0.29, 0.717) is 12.2 Å². The normalized spacial score (nSPS) is 10.7. The van der Waals surface area contributed by atoms with E-state index in [1.165, 1.54) is 0 Å². The minimum Gasteiger partial charge on any atom is -0.497 e. The molecule has 2 heterocycles. The van der Waals surface area contributed by atoms with E-state index in [9.17, 15) is 4.79 Å². The Hall–Kier alpha value is -2.82. The first kappa shape index (κ1) is 15.1. The van der Waals surface area contributed by atoms with Crippen molar-refractivity contribution >= 4 is 11.4 Å². The minimum atomic E-state index is -0.148. The number of imidazole rings is 1. The number of hydrogen-bond donors (Lipinski definition) is 1. The summed E-state index contributed by atoms with van der Waals surface area (Å²) < 4.78 is 7.12. The number of ether oxygens (including phenoxy) is 1. The number of amides is 1. The summed E-state index contributed by atoms with van der Waals surface area (Å²) in [5.74, 6) is 1.48. The van der Waals surface area contributed by atoms with Crippen molar-refractivity contribution in [2.45, 2.75) is 13.3 Å². The molecule has 0 unspecified atom stereocenters. The van der Waals surface area contributed by atoms with Gasteiger partial charge in [-0.3, -0.25) is 4.79 Å². The third kappa shape index (κ3) is 3.18. The number of carbonyl (C=O) groups is 1. The van der Waals surface area contributed by atoms with Crippen LogP contribution in [0.3, 0.4) is 0 Å². The number of benzene rings is 1. The van der Waals surface area contributed by atoms with Crippen molar-refractivity contribution in [1.29, 1.82) is 0 Å². The number of hydrogen-bond acceptors (Lipinski definition) is 3. The van der Waals surface area contributed by atoms with Gasteiger partial charge in [-0.05, 0) is 43.2 Å². The summed E-state index contributed by atoms with van der Waals surface area (Å²) in [6.07, 6.45) is 2.65. The smallest absolute Gasteiger partial charge is 0.272 e. The summed E-state index contributed by atoms with van der Waals surface area (Å²) in [4.78, 5) is 16.7. The standard InChI is InChI=1S/C18H19N3O2/c1-13-20-17(16-8-3-4-11-21(13)16)18(22)19-10-9-14-6-5-7-15(12-14)23-2/h3-8,11-12H,9-10H2,1-2H3,(H,19,22). The second-order valence-corrected chi connectivity index (χ2v) is 5.32. The number of fused-ring (bicyclic) bond motifs is 1. The van der Waals surface area contributed by atoms with Crippen LogP contribution in [0.15, 0.2) is 48.7 Å². The average molecular weight is 309 g/mol. The monoisotopic (exact) mass is 309 g/mol. The Morgan fingerprint density at radius 3 is 2.96 bits per heavy atom. The highest BCUT2D eigenvalue weighted by Gasteiger charge is 2.14. The molecule has 0 atom stereocenters. The lowest BCUT2D eigenvalue weighted by Gasteiger charge is -2.06. The van der Waals surface area contributed by atoms with Gasteiger partial charge in [-0.15, -0.1) is 0 Å². The highest BCUT2D eigenvalue weighted by Crippen LogP contribution is 2.14. The van der Waals surface area contributed by atoms with Gasteiger partial charge >= 0.3 is 0 Å². The van der Waals surface area contributed by atoms with Crippen LogP contribution in [0.4, 0.5) is 0 Å². The van der Waals surface area contributed by atoms with Crippen molar-refractivity contribution in [2.24, 2.45) is 0 Å². The van der Waals surface area contributed by atoms with Crippen molar-refractivity contribution in [3.63, 3.8) is 0 Å². The molecule has 0 aliphatic carbocycles. The quantitative estimate of drug-likeness (QED) is 0.788. The number of nitrogens with zero attached hydrogens (tertiary/aromatic N) is 2. The fraction of sp³-hybridized carbons (Fsp3) is 0.222. The number of pyridine rings is 1. The van der Waals surface area contributed by atoms with Crippen molar-refractivity contribution in [3.05, 3.63) is 65.7 Å². The van der Waals surface area contributed by atoms with Crippen LogP contribution in [-0.4, -0.2) is 28.9 Å². The van der Waals surface area contributed by atoms with Gasteiger partial charge in [-0.2, -0.15) is 0 Å². The summed E-state index contributed by atoms with van der Waals surface area (Å²) in [7, 11) is 1.65. The van der Waals surface area contributed by atoms with Crippen LogP contribution >= 0.6 is 0 Å². The predicted octanol–water partition coefficient (Wildman–Crippen LogP) is 2.62. The molecule has 1 N–H and O–H groups in total. The summed E-state index contributed by atoms with van der Waals surface area (Å²) in [5, 5.41) is 2.93. The molecule has 23 heavy (non-hydrogen) atoms. The van der Waals surface area contributed by atoms with Crippen LogP contribution < -0.4 is 10.1 Å². The van der Waals surface area contributed by atoms with E-state index in [1.54, 1.807) is 7.11 Å². The molecular formula is C18H19N3O2. The largest absolute Gasteiger partial charge is 0.497 e. The third-order valence-electron chi connectivity index (χ3n) is 3.77. The number of rotatable bonds is 5. The molecule has 3 aromatic rings. The topological polar surface area (TPSA) is 55.6 Å². The van der Waals surface area contributed by atoms with Gasteiger partial charge in [0.25, 0.3) is 5.91 Å². The van der Waals surface area contributed by atoms with Crippen molar-refractivity contribution in [2.75, 3.05) is 13.7 Å². The maximum atomic E-state index is 12.4. The molecule has 5 nitrogen and oxygen atoms in total. The van der Waals surface area contributed by atoms with Crippen LogP contribution in [0.25, 0.3) is 5.52 Å². The van der Waals surface area contributed by atoms with E-state index in [4.69, 9.17) is 4.74 Å². The van der Waals surface area contributed by atoms with E-state index < -0.39 is 0 Å². The first-order chi connectivity index (χ1) is 11.2. The molecule has 0 fully saturated rings. The number of aryl methyl sites for hydroxylation is 1. The number of carbonyl (C=O) groups excluding carboxylic acids is 1. The zero-order chi connectivity index (χ0) is 16.2. The van der Waals surface area contributed by atoms with Gasteiger partial charge in [0.1, 0.15) is 11.6 Å². The number of methoxy groups -OCH3 is 1. The van der Waals surface area contributed by atoms with Crippen LogP contribution in [0, 0.1) is 6.92 Å². The lowest BCUT2D eigenvalue weighted by atomic mass is 10.1. The van der Waals surface area contributed by atoms with Gasteiger partial charge in [0.2, 0.25) is 0 Å². The van der Waals surface area contributed by atoms with Crippen LogP contribution in [0.5, 0.6) is 5.75 Å². The van der Waals surface area contributed by atoms with Crippen LogP contribution in [0.1, 0.15) is 21.9 Å². The molecule has 0 saturated heterocycles. The summed E-state index contributed by atoms with van der Waals surface area (Å²) >= 11 is 0. The van der Waals surface area contributed by atoms with Gasteiger partial charge in [-0.25, -0.2) is 4.98 Å². The third-order valence-corrected chi connectivity index (χ3v) is 3.77. The predicted molar refractivity (Wildman–Crippen MR) is 89.0 cm³/mol.